The quantitative estimate of drug-likeness (QED) is 0.708. The minimum atomic E-state index is -0.0598. The molecule has 0 bridgehead atoms. The van der Waals surface area contributed by atoms with Crippen LogP contribution in [0.3, 0.4) is 0 Å². The first-order chi connectivity index (χ1) is 10.1. The molecule has 1 heterocycles. The second-order valence-corrected chi connectivity index (χ2v) is 5.62. The van der Waals surface area contributed by atoms with Gasteiger partial charge in [0.05, 0.1) is 11.8 Å². The number of thioether (sulfide) groups is 1. The molecule has 0 fully saturated rings. The zero-order chi connectivity index (χ0) is 15.2. The number of hydrogen-bond acceptors (Lipinski definition) is 5. The van der Waals surface area contributed by atoms with Gasteiger partial charge in [0, 0.05) is 0 Å². The Bertz CT molecular complexity index is 596. The van der Waals surface area contributed by atoms with Gasteiger partial charge in [-0.25, -0.2) is 5.10 Å². The molecule has 21 heavy (non-hydrogen) atoms. The largest absolute Gasteiger partial charge is 0.368 e. The summed E-state index contributed by atoms with van der Waals surface area (Å²) in [6.45, 7) is 4.08. The summed E-state index contributed by atoms with van der Waals surface area (Å²) in [5, 5.41) is 9.83. The smallest absolute Gasteiger partial charge is 0.230 e. The average molecular weight is 305 g/mol. The lowest BCUT2D eigenvalue weighted by Gasteiger charge is -2.14. The van der Waals surface area contributed by atoms with Gasteiger partial charge in [0.1, 0.15) is 0 Å². The maximum atomic E-state index is 11.9. The fraction of sp³-hybridized carbons (Fsp3) is 0.357. The molecule has 7 heteroatoms. The standard InChI is InChI=1S/C14H19N5OS/c1-3-10-4-6-11(7-5-10)9(2)16-12(20)8-21-14-17-13(15)18-19-14/h4-7,9H,3,8H2,1-2H3,(H,16,20)(H3,15,17,18,19)/t9-/m1/s1. The van der Waals surface area contributed by atoms with Crippen molar-refractivity contribution in [2.45, 2.75) is 31.5 Å². The lowest BCUT2D eigenvalue weighted by atomic mass is 10.1. The van der Waals surface area contributed by atoms with Crippen LogP contribution in [0.1, 0.15) is 31.0 Å². The van der Waals surface area contributed by atoms with Crippen molar-refractivity contribution in [3.05, 3.63) is 35.4 Å². The molecule has 2 aromatic rings. The van der Waals surface area contributed by atoms with Crippen LogP contribution in [0.5, 0.6) is 0 Å². The van der Waals surface area contributed by atoms with E-state index < -0.39 is 0 Å². The van der Waals surface area contributed by atoms with Crippen LogP contribution in [0.4, 0.5) is 5.95 Å². The van der Waals surface area contributed by atoms with Crippen LogP contribution in [-0.2, 0) is 11.2 Å². The van der Waals surface area contributed by atoms with Gasteiger partial charge in [-0.15, -0.1) is 5.10 Å². The summed E-state index contributed by atoms with van der Waals surface area (Å²) >= 11 is 1.25. The van der Waals surface area contributed by atoms with E-state index in [1.165, 1.54) is 17.3 Å². The van der Waals surface area contributed by atoms with Gasteiger partial charge in [-0.1, -0.05) is 43.0 Å². The van der Waals surface area contributed by atoms with E-state index in [4.69, 9.17) is 5.73 Å². The Hall–Kier alpha value is -2.02. The summed E-state index contributed by atoms with van der Waals surface area (Å²) in [5.74, 6) is 0.451. The third kappa shape index (κ3) is 4.49. The number of nitrogen functional groups attached to an aromatic ring is 1. The number of carbonyl (C=O) groups excluding carboxylic acids is 1. The van der Waals surface area contributed by atoms with Gasteiger partial charge < -0.3 is 11.1 Å². The highest BCUT2D eigenvalue weighted by molar-refractivity contribution is 7.99. The first-order valence-corrected chi connectivity index (χ1v) is 7.76. The first kappa shape index (κ1) is 15.4. The van der Waals surface area contributed by atoms with Gasteiger partial charge in [-0.3, -0.25) is 4.79 Å². The lowest BCUT2D eigenvalue weighted by molar-refractivity contribution is -0.119. The highest BCUT2D eigenvalue weighted by Gasteiger charge is 2.11. The van der Waals surface area contributed by atoms with Gasteiger partial charge in [0.25, 0.3) is 0 Å². The van der Waals surface area contributed by atoms with Crippen molar-refractivity contribution in [1.29, 1.82) is 0 Å². The zero-order valence-corrected chi connectivity index (χ0v) is 12.9. The minimum absolute atomic E-state index is 0.0266. The molecule has 0 radical (unpaired) electrons. The highest BCUT2D eigenvalue weighted by atomic mass is 32.2. The molecule has 0 saturated heterocycles. The number of aromatic amines is 1. The number of carbonyl (C=O) groups is 1. The van der Waals surface area contributed by atoms with Gasteiger partial charge >= 0.3 is 0 Å². The topological polar surface area (TPSA) is 96.7 Å². The fourth-order valence-corrected chi connectivity index (χ4v) is 2.48. The number of nitrogens with two attached hydrogens (primary N) is 1. The normalized spacial score (nSPS) is 12.1. The van der Waals surface area contributed by atoms with Gasteiger partial charge in [-0.2, -0.15) is 4.98 Å². The van der Waals surface area contributed by atoms with E-state index in [0.717, 1.165) is 12.0 Å². The molecule has 1 atom stereocenters. The molecule has 0 aliphatic rings. The van der Waals surface area contributed by atoms with Crippen LogP contribution in [0, 0.1) is 0 Å². The fourth-order valence-electron chi connectivity index (χ4n) is 1.86. The number of benzene rings is 1. The van der Waals surface area contributed by atoms with Gasteiger partial charge in [0.15, 0.2) is 0 Å². The number of anilines is 1. The second-order valence-electron chi connectivity index (χ2n) is 4.68. The Balaban J connectivity index is 1.83. The SMILES string of the molecule is CCc1ccc([C@@H](C)NC(=O)CSc2n[nH]c(N)n2)cc1. The maximum absolute atomic E-state index is 11.9. The van der Waals surface area contributed by atoms with Crippen LogP contribution < -0.4 is 11.1 Å². The maximum Gasteiger partial charge on any atom is 0.230 e. The Morgan fingerprint density at radius 2 is 2.14 bits per heavy atom. The van der Waals surface area contributed by atoms with Crippen LogP contribution in [0.25, 0.3) is 0 Å². The summed E-state index contributed by atoms with van der Waals surface area (Å²) in [7, 11) is 0. The molecule has 2 rings (SSSR count). The molecule has 1 amide bonds. The minimum Gasteiger partial charge on any atom is -0.368 e. The number of aryl methyl sites for hydroxylation is 1. The van der Waals surface area contributed by atoms with Crippen molar-refractivity contribution in [3.8, 4) is 0 Å². The molecule has 0 aliphatic carbocycles. The van der Waals surface area contributed by atoms with E-state index in [1.807, 2.05) is 19.1 Å². The van der Waals surface area contributed by atoms with Crippen molar-refractivity contribution in [2.24, 2.45) is 0 Å². The molecule has 0 saturated carbocycles. The molecular weight excluding hydrogens is 286 g/mol. The molecule has 1 aromatic heterocycles. The van der Waals surface area contributed by atoms with Crippen molar-refractivity contribution in [1.82, 2.24) is 20.5 Å². The van der Waals surface area contributed by atoms with Gasteiger partial charge in [0.2, 0.25) is 17.0 Å². The molecule has 0 spiro atoms. The number of aromatic nitrogens is 3. The Morgan fingerprint density at radius 1 is 1.43 bits per heavy atom. The van der Waals surface area contributed by atoms with E-state index in [1.54, 1.807) is 0 Å². The van der Waals surface area contributed by atoms with E-state index in [2.05, 4.69) is 39.6 Å². The Kier molecular flexibility index (Phi) is 5.21. The number of nitrogens with one attached hydrogen (secondary N) is 2. The molecule has 1 aromatic carbocycles. The molecule has 0 unspecified atom stereocenters. The van der Waals surface area contributed by atoms with Crippen LogP contribution in [0.2, 0.25) is 0 Å². The summed E-state index contributed by atoms with van der Waals surface area (Å²) in [5.41, 5.74) is 7.80. The lowest BCUT2D eigenvalue weighted by Crippen LogP contribution is -2.28. The zero-order valence-electron chi connectivity index (χ0n) is 12.1. The second kappa shape index (κ2) is 7.12. The molecule has 0 aliphatic heterocycles. The number of rotatable bonds is 6. The molecule has 112 valence electrons. The number of nitrogens with zero attached hydrogens (tertiary/aromatic N) is 2. The van der Waals surface area contributed by atoms with Crippen LogP contribution >= 0.6 is 11.8 Å². The Morgan fingerprint density at radius 3 is 2.71 bits per heavy atom. The third-order valence-electron chi connectivity index (χ3n) is 3.08. The van der Waals surface area contributed by atoms with Crippen LogP contribution in [0.15, 0.2) is 29.4 Å². The number of amides is 1. The van der Waals surface area contributed by atoms with Crippen molar-refractivity contribution in [3.63, 3.8) is 0 Å². The van der Waals surface area contributed by atoms with Crippen molar-refractivity contribution < 1.29 is 4.79 Å². The molecular formula is C14H19N5OS. The number of H-pyrrole nitrogens is 1. The summed E-state index contributed by atoms with van der Waals surface area (Å²) < 4.78 is 0. The summed E-state index contributed by atoms with van der Waals surface area (Å²) in [4.78, 5) is 15.8. The van der Waals surface area contributed by atoms with E-state index >= 15 is 0 Å². The summed E-state index contributed by atoms with van der Waals surface area (Å²) in [6.07, 6.45) is 1.01. The monoisotopic (exact) mass is 305 g/mol. The number of hydrogen-bond donors (Lipinski definition) is 3. The first-order valence-electron chi connectivity index (χ1n) is 6.77. The Labute approximate surface area is 127 Å². The van der Waals surface area contributed by atoms with E-state index in [0.29, 0.717) is 5.16 Å². The van der Waals surface area contributed by atoms with Crippen LogP contribution in [-0.4, -0.2) is 26.8 Å². The van der Waals surface area contributed by atoms with E-state index in [9.17, 15) is 4.79 Å². The molecule has 4 N–H and O–H groups in total. The van der Waals surface area contributed by atoms with Crippen molar-refractivity contribution >= 4 is 23.6 Å². The van der Waals surface area contributed by atoms with Gasteiger partial charge in [-0.05, 0) is 24.5 Å². The average Bonchev–Trinajstić information content (AvgIpc) is 2.91. The molecule has 6 nitrogen and oxygen atoms in total. The third-order valence-corrected chi connectivity index (χ3v) is 3.93. The predicted octanol–water partition coefficient (Wildman–Crippen LogP) is 1.92. The van der Waals surface area contributed by atoms with Crippen molar-refractivity contribution in [2.75, 3.05) is 11.5 Å². The predicted molar refractivity (Wildman–Crippen MR) is 83.9 cm³/mol. The summed E-state index contributed by atoms with van der Waals surface area (Å²) in [6, 6.07) is 8.24. The highest BCUT2D eigenvalue weighted by Crippen LogP contribution is 2.16. The van der Waals surface area contributed by atoms with E-state index in [-0.39, 0.29) is 23.7 Å².